The Balaban J connectivity index is 2.79. The Bertz CT molecular complexity index is 284. The van der Waals surface area contributed by atoms with E-state index in [2.05, 4.69) is 24.6 Å². The van der Waals surface area contributed by atoms with Gasteiger partial charge in [-0.05, 0) is 36.4 Å². The lowest BCUT2D eigenvalue weighted by Crippen LogP contribution is -1.71. The van der Waals surface area contributed by atoms with Crippen molar-refractivity contribution in [1.82, 2.24) is 0 Å². The van der Waals surface area contributed by atoms with Gasteiger partial charge in [-0.3, -0.25) is 0 Å². The summed E-state index contributed by atoms with van der Waals surface area (Å²) in [7, 11) is 0. The van der Waals surface area contributed by atoms with Crippen molar-refractivity contribution in [2.45, 2.75) is 13.8 Å². The molecule has 0 N–H and O–H groups in total. The molecule has 1 heterocycles. The van der Waals surface area contributed by atoms with Gasteiger partial charge in [-0.15, -0.1) is 11.3 Å². The van der Waals surface area contributed by atoms with E-state index in [1.807, 2.05) is 12.3 Å². The van der Waals surface area contributed by atoms with E-state index in [1.54, 1.807) is 17.6 Å². The van der Waals surface area contributed by atoms with E-state index in [0.717, 1.165) is 10.6 Å². The first kappa shape index (κ1) is 8.21. The molecule has 0 atom stereocenters. The van der Waals surface area contributed by atoms with Crippen LogP contribution in [0.2, 0.25) is 0 Å². The van der Waals surface area contributed by atoms with Gasteiger partial charge >= 0.3 is 0 Å². The fourth-order valence-corrected chi connectivity index (χ4v) is 1.43. The maximum Gasteiger partial charge on any atom is 0.118 e. The third kappa shape index (κ3) is 2.31. The molecule has 0 spiro atoms. The van der Waals surface area contributed by atoms with Gasteiger partial charge in [-0.25, -0.2) is 4.99 Å². The Hall–Kier alpha value is -0.890. The quantitative estimate of drug-likeness (QED) is 0.596. The van der Waals surface area contributed by atoms with Crippen molar-refractivity contribution in [1.29, 1.82) is 0 Å². The lowest BCUT2D eigenvalue weighted by molar-refractivity contribution is 1.48. The van der Waals surface area contributed by atoms with Crippen molar-refractivity contribution in [3.63, 3.8) is 0 Å². The van der Waals surface area contributed by atoms with Gasteiger partial charge in [-0.2, -0.15) is 0 Å². The molecule has 0 fully saturated rings. The molecule has 1 aromatic rings. The normalized spacial score (nSPS) is 10.7. The minimum Gasteiger partial charge on any atom is -0.245 e. The molecule has 11 heavy (non-hydrogen) atoms. The van der Waals surface area contributed by atoms with Gasteiger partial charge in [-0.1, -0.05) is 6.58 Å². The fraction of sp³-hybridized carbons (Fsp3) is 0.222. The minimum absolute atomic E-state index is 0.984. The van der Waals surface area contributed by atoms with Crippen molar-refractivity contribution in [2.24, 2.45) is 4.99 Å². The van der Waals surface area contributed by atoms with Crippen LogP contribution in [-0.2, 0) is 0 Å². The molecule has 0 aliphatic heterocycles. The van der Waals surface area contributed by atoms with Crippen molar-refractivity contribution in [3.05, 3.63) is 29.2 Å². The molecule has 0 unspecified atom stereocenters. The van der Waals surface area contributed by atoms with Crippen LogP contribution in [0.5, 0.6) is 0 Å². The number of aryl methyl sites for hydroxylation is 1. The first-order chi connectivity index (χ1) is 5.20. The third-order valence-electron chi connectivity index (χ3n) is 1.24. The lowest BCUT2D eigenvalue weighted by atomic mass is 10.3. The monoisotopic (exact) mass is 165 g/mol. The van der Waals surface area contributed by atoms with Crippen molar-refractivity contribution in [2.75, 3.05) is 0 Å². The molecule has 0 amide bonds. The van der Waals surface area contributed by atoms with Crippen LogP contribution in [0, 0.1) is 6.92 Å². The van der Waals surface area contributed by atoms with E-state index in [0.29, 0.717) is 0 Å². The maximum absolute atomic E-state index is 4.26. The minimum atomic E-state index is 0.984. The zero-order chi connectivity index (χ0) is 8.27. The van der Waals surface area contributed by atoms with Crippen LogP contribution >= 0.6 is 11.3 Å². The molecule has 0 aliphatic carbocycles. The molecule has 0 aliphatic rings. The molecule has 0 radical (unpaired) electrons. The van der Waals surface area contributed by atoms with Gasteiger partial charge in [0.2, 0.25) is 0 Å². The van der Waals surface area contributed by atoms with Gasteiger partial charge < -0.3 is 0 Å². The summed E-state index contributed by atoms with van der Waals surface area (Å²) in [6.45, 7) is 7.73. The van der Waals surface area contributed by atoms with Gasteiger partial charge in [0.25, 0.3) is 0 Å². The molecule has 0 aromatic carbocycles. The summed E-state index contributed by atoms with van der Waals surface area (Å²) >= 11 is 1.65. The van der Waals surface area contributed by atoms with E-state index in [-0.39, 0.29) is 0 Å². The highest BCUT2D eigenvalue weighted by molar-refractivity contribution is 7.14. The summed E-state index contributed by atoms with van der Waals surface area (Å²) < 4.78 is 0. The number of allylic oxidation sites excluding steroid dienone is 1. The highest BCUT2D eigenvalue weighted by Crippen LogP contribution is 2.24. The predicted molar refractivity (Wildman–Crippen MR) is 52.0 cm³/mol. The Morgan fingerprint density at radius 2 is 2.45 bits per heavy atom. The van der Waals surface area contributed by atoms with Crippen molar-refractivity contribution in [3.8, 4) is 0 Å². The Kier molecular flexibility index (Phi) is 2.60. The Morgan fingerprint density at radius 1 is 1.73 bits per heavy atom. The summed E-state index contributed by atoms with van der Waals surface area (Å²) in [6, 6.07) is 2.07. The molecule has 0 bridgehead atoms. The van der Waals surface area contributed by atoms with Gasteiger partial charge in [0, 0.05) is 6.21 Å². The number of rotatable bonds is 2. The molecule has 1 rings (SSSR count). The van der Waals surface area contributed by atoms with Gasteiger partial charge in [0.05, 0.1) is 0 Å². The second-order valence-electron chi connectivity index (χ2n) is 2.51. The van der Waals surface area contributed by atoms with E-state index >= 15 is 0 Å². The molecule has 0 saturated carbocycles. The molecule has 1 nitrogen and oxygen atoms in total. The molecule has 58 valence electrons. The highest BCUT2D eigenvalue weighted by Gasteiger charge is 1.93. The highest BCUT2D eigenvalue weighted by atomic mass is 32.1. The summed E-state index contributed by atoms with van der Waals surface area (Å²) in [6.07, 6.45) is 1.79. The van der Waals surface area contributed by atoms with Crippen LogP contribution in [0.3, 0.4) is 0 Å². The van der Waals surface area contributed by atoms with Crippen LogP contribution < -0.4 is 0 Å². The molecule has 2 heteroatoms. The molecular weight excluding hydrogens is 154 g/mol. The lowest BCUT2D eigenvalue weighted by Gasteiger charge is -1.88. The Morgan fingerprint density at radius 3 is 2.91 bits per heavy atom. The summed E-state index contributed by atoms with van der Waals surface area (Å²) in [5.41, 5.74) is 2.21. The number of aliphatic imine (C=N–C) groups is 1. The van der Waals surface area contributed by atoms with Gasteiger partial charge in [0.15, 0.2) is 0 Å². The number of hydrogen-bond donors (Lipinski definition) is 0. The van der Waals surface area contributed by atoms with Crippen LogP contribution in [-0.4, -0.2) is 6.21 Å². The van der Waals surface area contributed by atoms with E-state index in [1.165, 1.54) is 5.56 Å². The molecule has 1 aromatic heterocycles. The standard InChI is InChI=1S/C9H11NS/c1-7(2)6-10-9-8(3)4-5-11-9/h4-6H,1H2,2-3H3. The fourth-order valence-electron chi connectivity index (χ4n) is 0.666. The molecular formula is C9H11NS. The summed E-state index contributed by atoms with van der Waals surface area (Å²) in [4.78, 5) is 4.26. The van der Waals surface area contributed by atoms with Gasteiger partial charge in [0.1, 0.15) is 5.00 Å². The number of hydrogen-bond acceptors (Lipinski definition) is 2. The Labute approximate surface area is 71.1 Å². The number of nitrogens with zero attached hydrogens (tertiary/aromatic N) is 1. The topological polar surface area (TPSA) is 12.4 Å². The van der Waals surface area contributed by atoms with E-state index in [9.17, 15) is 0 Å². The van der Waals surface area contributed by atoms with Crippen LogP contribution in [0.1, 0.15) is 12.5 Å². The molecule has 0 saturated heterocycles. The van der Waals surface area contributed by atoms with E-state index in [4.69, 9.17) is 0 Å². The van der Waals surface area contributed by atoms with Crippen molar-refractivity contribution < 1.29 is 0 Å². The third-order valence-corrected chi connectivity index (χ3v) is 2.16. The first-order valence-corrected chi connectivity index (χ1v) is 4.32. The van der Waals surface area contributed by atoms with Crippen LogP contribution in [0.25, 0.3) is 0 Å². The number of thiophene rings is 1. The summed E-state index contributed by atoms with van der Waals surface area (Å²) in [5, 5.41) is 3.12. The smallest absolute Gasteiger partial charge is 0.118 e. The van der Waals surface area contributed by atoms with Crippen LogP contribution in [0.4, 0.5) is 5.00 Å². The predicted octanol–water partition coefficient (Wildman–Crippen LogP) is 3.33. The second kappa shape index (κ2) is 3.49. The largest absolute Gasteiger partial charge is 0.245 e. The van der Waals surface area contributed by atoms with Crippen molar-refractivity contribution >= 4 is 22.6 Å². The zero-order valence-electron chi connectivity index (χ0n) is 6.79. The zero-order valence-corrected chi connectivity index (χ0v) is 7.61. The van der Waals surface area contributed by atoms with Crippen LogP contribution in [0.15, 0.2) is 28.6 Å². The van der Waals surface area contributed by atoms with E-state index < -0.39 is 0 Å². The second-order valence-corrected chi connectivity index (χ2v) is 3.41. The SMILES string of the molecule is C=C(C)C=Nc1sccc1C. The first-order valence-electron chi connectivity index (χ1n) is 3.44. The average Bonchev–Trinajstić information content (AvgIpc) is 2.31. The maximum atomic E-state index is 4.26. The summed E-state index contributed by atoms with van der Waals surface area (Å²) in [5.74, 6) is 0. The average molecular weight is 165 g/mol.